The van der Waals surface area contributed by atoms with Crippen molar-refractivity contribution in [2.45, 2.75) is 13.5 Å². The summed E-state index contributed by atoms with van der Waals surface area (Å²) in [7, 11) is 0. The van der Waals surface area contributed by atoms with Crippen LogP contribution >= 0.6 is 11.6 Å². The summed E-state index contributed by atoms with van der Waals surface area (Å²) in [6.07, 6.45) is 6.63. The van der Waals surface area contributed by atoms with E-state index in [1.807, 2.05) is 25.1 Å². The minimum Gasteiger partial charge on any atom is -0.348 e. The van der Waals surface area contributed by atoms with Crippen LogP contribution in [0.5, 0.6) is 0 Å². The summed E-state index contributed by atoms with van der Waals surface area (Å²) in [4.78, 5) is 11.6. The van der Waals surface area contributed by atoms with Gasteiger partial charge in [-0.05, 0) is 30.2 Å². The van der Waals surface area contributed by atoms with E-state index in [-0.39, 0.29) is 5.91 Å². The summed E-state index contributed by atoms with van der Waals surface area (Å²) in [5.74, 6) is -0.155. The highest BCUT2D eigenvalue weighted by atomic mass is 35.5. The lowest BCUT2D eigenvalue weighted by atomic mass is 10.1. The zero-order valence-corrected chi connectivity index (χ0v) is 11.2. The molecule has 0 spiro atoms. The standard InChI is InChI=1S/C14H14ClN3O/c1-10-2-3-11(6-13(10)15)4-5-14(19)16-7-12-8-17-18-9-12/h2-6,8-9H,7H2,1H3,(H,16,19)(H,17,18)/b5-4+. The summed E-state index contributed by atoms with van der Waals surface area (Å²) in [5.41, 5.74) is 2.84. The Morgan fingerprint density at radius 3 is 3.05 bits per heavy atom. The quantitative estimate of drug-likeness (QED) is 0.843. The van der Waals surface area contributed by atoms with E-state index in [1.54, 1.807) is 18.5 Å². The van der Waals surface area contributed by atoms with Crippen molar-refractivity contribution in [3.63, 3.8) is 0 Å². The van der Waals surface area contributed by atoms with Crippen LogP contribution in [-0.2, 0) is 11.3 Å². The van der Waals surface area contributed by atoms with E-state index >= 15 is 0 Å². The third-order valence-electron chi connectivity index (χ3n) is 2.64. The molecule has 0 saturated carbocycles. The fourth-order valence-corrected chi connectivity index (χ4v) is 1.70. The largest absolute Gasteiger partial charge is 0.348 e. The zero-order chi connectivity index (χ0) is 13.7. The van der Waals surface area contributed by atoms with Crippen LogP contribution in [0.2, 0.25) is 5.02 Å². The van der Waals surface area contributed by atoms with Crippen molar-refractivity contribution in [3.05, 3.63) is 58.4 Å². The third kappa shape index (κ3) is 3.96. The van der Waals surface area contributed by atoms with E-state index in [9.17, 15) is 4.79 Å². The van der Waals surface area contributed by atoms with Crippen molar-refractivity contribution in [3.8, 4) is 0 Å². The van der Waals surface area contributed by atoms with Gasteiger partial charge >= 0.3 is 0 Å². The van der Waals surface area contributed by atoms with Crippen LogP contribution in [-0.4, -0.2) is 16.1 Å². The van der Waals surface area contributed by atoms with Gasteiger partial charge in [0.15, 0.2) is 0 Å². The summed E-state index contributed by atoms with van der Waals surface area (Å²) in [6.45, 7) is 2.39. The number of carbonyl (C=O) groups is 1. The van der Waals surface area contributed by atoms with E-state index in [1.165, 1.54) is 6.08 Å². The van der Waals surface area contributed by atoms with Crippen molar-refractivity contribution >= 4 is 23.6 Å². The fraction of sp³-hybridized carbons (Fsp3) is 0.143. The minimum absolute atomic E-state index is 0.155. The van der Waals surface area contributed by atoms with Gasteiger partial charge in [0, 0.05) is 29.4 Å². The molecule has 0 aliphatic rings. The van der Waals surface area contributed by atoms with Crippen LogP contribution < -0.4 is 5.32 Å². The second kappa shape index (κ2) is 6.20. The lowest BCUT2D eigenvalue weighted by Gasteiger charge is -2.00. The molecule has 2 aromatic rings. The first-order valence-corrected chi connectivity index (χ1v) is 6.22. The Bertz CT molecular complexity index is 591. The molecule has 1 heterocycles. The lowest BCUT2D eigenvalue weighted by Crippen LogP contribution is -2.19. The van der Waals surface area contributed by atoms with Gasteiger partial charge in [0.05, 0.1) is 6.20 Å². The Hall–Kier alpha value is -2.07. The van der Waals surface area contributed by atoms with E-state index in [4.69, 9.17) is 11.6 Å². The number of hydrogen-bond donors (Lipinski definition) is 2. The molecule has 5 heteroatoms. The number of aromatic nitrogens is 2. The fourth-order valence-electron chi connectivity index (χ4n) is 1.51. The average molecular weight is 276 g/mol. The van der Waals surface area contributed by atoms with Crippen LogP contribution in [0, 0.1) is 6.92 Å². The molecular formula is C14H14ClN3O. The Kier molecular flexibility index (Phi) is 4.36. The maximum Gasteiger partial charge on any atom is 0.244 e. The molecule has 4 nitrogen and oxygen atoms in total. The van der Waals surface area contributed by atoms with Gasteiger partial charge in [-0.15, -0.1) is 0 Å². The molecule has 0 unspecified atom stereocenters. The summed E-state index contributed by atoms with van der Waals surface area (Å²) in [5, 5.41) is 9.95. The number of nitrogens with zero attached hydrogens (tertiary/aromatic N) is 1. The van der Waals surface area contributed by atoms with Crippen molar-refractivity contribution in [1.82, 2.24) is 15.5 Å². The monoisotopic (exact) mass is 275 g/mol. The van der Waals surface area contributed by atoms with Gasteiger partial charge in [0.2, 0.25) is 5.91 Å². The number of nitrogens with one attached hydrogen (secondary N) is 2. The SMILES string of the molecule is Cc1ccc(/C=C/C(=O)NCc2cn[nH]c2)cc1Cl. The van der Waals surface area contributed by atoms with Gasteiger partial charge in [-0.2, -0.15) is 5.10 Å². The molecule has 1 amide bonds. The Morgan fingerprint density at radius 2 is 2.37 bits per heavy atom. The van der Waals surface area contributed by atoms with E-state index < -0.39 is 0 Å². The Morgan fingerprint density at radius 1 is 1.53 bits per heavy atom. The second-order valence-electron chi connectivity index (χ2n) is 4.17. The summed E-state index contributed by atoms with van der Waals surface area (Å²) in [6, 6.07) is 5.67. The van der Waals surface area contributed by atoms with Crippen LogP contribution in [0.3, 0.4) is 0 Å². The number of halogens is 1. The molecule has 0 saturated heterocycles. The molecule has 0 bridgehead atoms. The maximum absolute atomic E-state index is 11.6. The first-order valence-electron chi connectivity index (χ1n) is 5.85. The molecule has 0 aliphatic carbocycles. The van der Waals surface area contributed by atoms with Gasteiger partial charge in [-0.3, -0.25) is 9.89 Å². The first-order chi connectivity index (χ1) is 9.15. The topological polar surface area (TPSA) is 57.8 Å². The normalized spacial score (nSPS) is 10.8. The van der Waals surface area contributed by atoms with Crippen molar-refractivity contribution in [2.75, 3.05) is 0 Å². The molecule has 2 N–H and O–H groups in total. The molecule has 0 radical (unpaired) electrons. The lowest BCUT2D eigenvalue weighted by molar-refractivity contribution is -0.116. The summed E-state index contributed by atoms with van der Waals surface area (Å²) >= 11 is 6.01. The summed E-state index contributed by atoms with van der Waals surface area (Å²) < 4.78 is 0. The molecule has 1 aromatic carbocycles. The molecular weight excluding hydrogens is 262 g/mol. The highest BCUT2D eigenvalue weighted by molar-refractivity contribution is 6.31. The van der Waals surface area contributed by atoms with E-state index in [2.05, 4.69) is 15.5 Å². The number of amides is 1. The van der Waals surface area contributed by atoms with Crippen molar-refractivity contribution in [2.24, 2.45) is 0 Å². The molecule has 19 heavy (non-hydrogen) atoms. The predicted octanol–water partition coefficient (Wildman–Crippen LogP) is 2.70. The highest BCUT2D eigenvalue weighted by Crippen LogP contribution is 2.17. The molecule has 0 atom stereocenters. The average Bonchev–Trinajstić information content (AvgIpc) is 2.91. The highest BCUT2D eigenvalue weighted by Gasteiger charge is 1.98. The van der Waals surface area contributed by atoms with Gasteiger partial charge in [-0.1, -0.05) is 23.7 Å². The zero-order valence-electron chi connectivity index (χ0n) is 10.5. The molecule has 0 aliphatic heterocycles. The van der Waals surface area contributed by atoms with Crippen LogP contribution in [0.25, 0.3) is 6.08 Å². The number of carbonyl (C=O) groups excluding carboxylic acids is 1. The second-order valence-corrected chi connectivity index (χ2v) is 4.57. The Balaban J connectivity index is 1.90. The number of rotatable bonds is 4. The van der Waals surface area contributed by atoms with Crippen LogP contribution in [0.1, 0.15) is 16.7 Å². The van der Waals surface area contributed by atoms with Crippen molar-refractivity contribution < 1.29 is 4.79 Å². The van der Waals surface area contributed by atoms with Gasteiger partial charge in [0.25, 0.3) is 0 Å². The molecule has 98 valence electrons. The maximum atomic E-state index is 11.6. The first kappa shape index (κ1) is 13.4. The number of benzene rings is 1. The number of aromatic amines is 1. The van der Waals surface area contributed by atoms with Gasteiger partial charge in [0.1, 0.15) is 0 Å². The van der Waals surface area contributed by atoms with Gasteiger partial charge in [-0.25, -0.2) is 0 Å². The smallest absolute Gasteiger partial charge is 0.244 e. The van der Waals surface area contributed by atoms with Crippen LogP contribution in [0.4, 0.5) is 0 Å². The predicted molar refractivity (Wildman–Crippen MR) is 75.7 cm³/mol. The van der Waals surface area contributed by atoms with E-state index in [0.717, 1.165) is 16.7 Å². The number of aryl methyl sites for hydroxylation is 1. The number of hydrogen-bond acceptors (Lipinski definition) is 2. The van der Waals surface area contributed by atoms with Crippen LogP contribution in [0.15, 0.2) is 36.7 Å². The van der Waals surface area contributed by atoms with Crippen molar-refractivity contribution in [1.29, 1.82) is 0 Å². The van der Waals surface area contributed by atoms with Gasteiger partial charge < -0.3 is 5.32 Å². The minimum atomic E-state index is -0.155. The number of H-pyrrole nitrogens is 1. The molecule has 1 aromatic heterocycles. The third-order valence-corrected chi connectivity index (χ3v) is 3.05. The van der Waals surface area contributed by atoms with E-state index in [0.29, 0.717) is 11.6 Å². The molecule has 2 rings (SSSR count). The Labute approximate surface area is 116 Å². The molecule has 0 fully saturated rings.